The highest BCUT2D eigenvalue weighted by molar-refractivity contribution is 5.93. The van der Waals surface area contributed by atoms with Crippen LogP contribution in [0.3, 0.4) is 0 Å². The van der Waals surface area contributed by atoms with Crippen LogP contribution in [-0.2, 0) is 11.3 Å². The van der Waals surface area contributed by atoms with Crippen LogP contribution < -0.4 is 10.6 Å². The van der Waals surface area contributed by atoms with Crippen LogP contribution in [0.1, 0.15) is 12.5 Å². The van der Waals surface area contributed by atoms with Gasteiger partial charge in [-0.25, -0.2) is 9.67 Å². The first-order valence-electron chi connectivity index (χ1n) is 6.56. The zero-order chi connectivity index (χ0) is 14.4. The van der Waals surface area contributed by atoms with E-state index in [2.05, 4.69) is 20.7 Å². The van der Waals surface area contributed by atoms with Gasteiger partial charge in [-0.15, -0.1) is 24.8 Å². The average Bonchev–Trinajstić information content (AvgIpc) is 2.94. The van der Waals surface area contributed by atoms with Crippen molar-refractivity contribution in [2.24, 2.45) is 5.92 Å². The number of aromatic nitrogens is 3. The van der Waals surface area contributed by atoms with Crippen molar-refractivity contribution >= 4 is 36.4 Å². The molecular weight excluding hydrogens is 325 g/mol. The van der Waals surface area contributed by atoms with Crippen molar-refractivity contribution in [1.29, 1.82) is 0 Å². The molecule has 1 aromatic heterocycles. The van der Waals surface area contributed by atoms with Gasteiger partial charge >= 0.3 is 0 Å². The van der Waals surface area contributed by atoms with Crippen molar-refractivity contribution in [1.82, 2.24) is 20.1 Å². The van der Waals surface area contributed by atoms with Gasteiger partial charge in [0, 0.05) is 18.2 Å². The standard InChI is InChI=1S/C14H19N5O.2ClH/c1-11(7-15-2)14(20)18-13-6-4-3-5-12(13)8-19-10-16-9-17-19;;/h3-6,9-11,15H,7-8H2,1-2H3,(H,18,20);2*1H. The van der Waals surface area contributed by atoms with Crippen molar-refractivity contribution < 1.29 is 4.79 Å². The number of anilines is 1. The molecule has 0 aliphatic heterocycles. The summed E-state index contributed by atoms with van der Waals surface area (Å²) in [4.78, 5) is 16.0. The Morgan fingerprint density at radius 3 is 2.68 bits per heavy atom. The summed E-state index contributed by atoms with van der Waals surface area (Å²) in [6.45, 7) is 3.12. The first kappa shape index (κ1) is 20.4. The Balaban J connectivity index is 0.00000220. The van der Waals surface area contributed by atoms with Crippen LogP contribution in [0.2, 0.25) is 0 Å². The molecule has 0 aliphatic rings. The predicted molar refractivity (Wildman–Crippen MR) is 91.8 cm³/mol. The number of hydrogen-bond acceptors (Lipinski definition) is 4. The van der Waals surface area contributed by atoms with Gasteiger partial charge in [0.2, 0.25) is 5.91 Å². The molecule has 2 rings (SSSR count). The van der Waals surface area contributed by atoms with Crippen LogP contribution in [0.25, 0.3) is 0 Å². The molecule has 2 N–H and O–H groups in total. The third-order valence-corrected chi connectivity index (χ3v) is 3.03. The van der Waals surface area contributed by atoms with Gasteiger partial charge in [0.15, 0.2) is 0 Å². The highest BCUT2D eigenvalue weighted by Crippen LogP contribution is 2.16. The van der Waals surface area contributed by atoms with Crippen molar-refractivity contribution in [3.8, 4) is 0 Å². The molecule has 0 saturated carbocycles. The highest BCUT2D eigenvalue weighted by Gasteiger charge is 2.13. The second-order valence-electron chi connectivity index (χ2n) is 4.70. The van der Waals surface area contributed by atoms with E-state index >= 15 is 0 Å². The maximum Gasteiger partial charge on any atom is 0.228 e. The summed E-state index contributed by atoms with van der Waals surface area (Å²) in [5, 5.41) is 10.0. The topological polar surface area (TPSA) is 71.8 Å². The SMILES string of the molecule is CNCC(C)C(=O)Nc1ccccc1Cn1cncn1.Cl.Cl. The fourth-order valence-corrected chi connectivity index (χ4v) is 1.92. The summed E-state index contributed by atoms with van der Waals surface area (Å²) < 4.78 is 1.72. The quantitative estimate of drug-likeness (QED) is 0.839. The number of halogens is 2. The second kappa shape index (κ2) is 10.2. The van der Waals surface area contributed by atoms with Crippen LogP contribution >= 0.6 is 24.8 Å². The lowest BCUT2D eigenvalue weighted by molar-refractivity contribution is -0.119. The Bertz CT molecular complexity index is 562. The maximum atomic E-state index is 12.1. The largest absolute Gasteiger partial charge is 0.325 e. The number of hydrogen-bond donors (Lipinski definition) is 2. The molecule has 0 fully saturated rings. The van der Waals surface area contributed by atoms with Crippen LogP contribution in [0.15, 0.2) is 36.9 Å². The number of nitrogens with one attached hydrogen (secondary N) is 2. The normalized spacial score (nSPS) is 11.0. The summed E-state index contributed by atoms with van der Waals surface area (Å²) >= 11 is 0. The number of nitrogens with zero attached hydrogens (tertiary/aromatic N) is 3. The van der Waals surface area contributed by atoms with Crippen LogP contribution in [0, 0.1) is 5.92 Å². The van der Waals surface area contributed by atoms with Gasteiger partial charge in [-0.05, 0) is 18.7 Å². The van der Waals surface area contributed by atoms with E-state index in [0.29, 0.717) is 13.1 Å². The summed E-state index contributed by atoms with van der Waals surface area (Å²) in [7, 11) is 1.84. The summed E-state index contributed by atoms with van der Waals surface area (Å²) in [5.41, 5.74) is 1.82. The van der Waals surface area contributed by atoms with Gasteiger partial charge in [0.05, 0.1) is 6.54 Å². The predicted octanol–water partition coefficient (Wildman–Crippen LogP) is 1.96. The minimum absolute atomic E-state index is 0. The Labute approximate surface area is 142 Å². The number of amides is 1. The fraction of sp³-hybridized carbons (Fsp3) is 0.357. The van der Waals surface area contributed by atoms with Crippen LogP contribution in [-0.4, -0.2) is 34.3 Å². The number of para-hydroxylation sites is 1. The van der Waals surface area contributed by atoms with Gasteiger partial charge in [-0.2, -0.15) is 5.10 Å². The second-order valence-corrected chi connectivity index (χ2v) is 4.70. The Morgan fingerprint density at radius 1 is 1.32 bits per heavy atom. The van der Waals surface area contributed by atoms with E-state index in [0.717, 1.165) is 11.3 Å². The smallest absolute Gasteiger partial charge is 0.228 e. The molecule has 0 spiro atoms. The number of carbonyl (C=O) groups is 1. The summed E-state index contributed by atoms with van der Waals surface area (Å²) in [6, 6.07) is 7.72. The molecule has 0 saturated heterocycles. The summed E-state index contributed by atoms with van der Waals surface area (Å²) in [5.74, 6) is -0.0789. The van der Waals surface area contributed by atoms with E-state index in [-0.39, 0.29) is 36.6 Å². The van der Waals surface area contributed by atoms with E-state index in [1.807, 2.05) is 38.2 Å². The molecule has 0 radical (unpaired) electrons. The summed E-state index contributed by atoms with van der Waals surface area (Å²) in [6.07, 6.45) is 3.15. The molecule has 2 aromatic rings. The molecule has 0 bridgehead atoms. The number of rotatable bonds is 6. The van der Waals surface area contributed by atoms with E-state index in [1.54, 1.807) is 11.0 Å². The molecule has 1 aromatic carbocycles. The zero-order valence-electron chi connectivity index (χ0n) is 12.5. The third-order valence-electron chi connectivity index (χ3n) is 3.03. The lowest BCUT2D eigenvalue weighted by atomic mass is 10.1. The van der Waals surface area contributed by atoms with E-state index in [9.17, 15) is 4.79 Å². The highest BCUT2D eigenvalue weighted by atomic mass is 35.5. The number of benzene rings is 1. The molecule has 1 amide bonds. The average molecular weight is 346 g/mol. The Kier molecular flexibility index (Phi) is 9.40. The lowest BCUT2D eigenvalue weighted by Gasteiger charge is -2.14. The monoisotopic (exact) mass is 345 g/mol. The van der Waals surface area contributed by atoms with Crippen molar-refractivity contribution in [2.45, 2.75) is 13.5 Å². The molecule has 1 atom stereocenters. The molecular formula is C14H21Cl2N5O. The van der Waals surface area contributed by atoms with Crippen molar-refractivity contribution in [2.75, 3.05) is 18.9 Å². The van der Waals surface area contributed by atoms with Crippen LogP contribution in [0.4, 0.5) is 5.69 Å². The van der Waals surface area contributed by atoms with E-state index < -0.39 is 0 Å². The molecule has 8 heteroatoms. The van der Waals surface area contributed by atoms with E-state index in [4.69, 9.17) is 0 Å². The van der Waals surface area contributed by atoms with Gasteiger partial charge in [-0.1, -0.05) is 25.1 Å². The zero-order valence-corrected chi connectivity index (χ0v) is 14.2. The van der Waals surface area contributed by atoms with Gasteiger partial charge < -0.3 is 10.6 Å². The molecule has 1 unspecified atom stereocenters. The Hall–Kier alpha value is -1.63. The van der Waals surface area contributed by atoms with Gasteiger partial charge in [-0.3, -0.25) is 4.79 Å². The van der Waals surface area contributed by atoms with E-state index in [1.165, 1.54) is 6.33 Å². The Morgan fingerprint density at radius 2 is 2.05 bits per heavy atom. The van der Waals surface area contributed by atoms with Gasteiger partial charge in [0.1, 0.15) is 12.7 Å². The number of carbonyl (C=O) groups excluding carboxylic acids is 1. The molecule has 6 nitrogen and oxygen atoms in total. The molecule has 0 aliphatic carbocycles. The molecule has 1 heterocycles. The van der Waals surface area contributed by atoms with Crippen molar-refractivity contribution in [3.63, 3.8) is 0 Å². The minimum Gasteiger partial charge on any atom is -0.325 e. The minimum atomic E-state index is -0.0839. The van der Waals surface area contributed by atoms with Gasteiger partial charge in [0.25, 0.3) is 0 Å². The maximum absolute atomic E-state index is 12.1. The first-order valence-corrected chi connectivity index (χ1v) is 6.56. The van der Waals surface area contributed by atoms with Crippen LogP contribution in [0.5, 0.6) is 0 Å². The fourth-order valence-electron chi connectivity index (χ4n) is 1.92. The van der Waals surface area contributed by atoms with Crippen molar-refractivity contribution in [3.05, 3.63) is 42.5 Å². The lowest BCUT2D eigenvalue weighted by Crippen LogP contribution is -2.29. The third kappa shape index (κ3) is 5.63. The molecule has 22 heavy (non-hydrogen) atoms. The first-order chi connectivity index (χ1) is 9.70. The molecule has 122 valence electrons.